The minimum atomic E-state index is -2.50. The molecule has 25 heavy (non-hydrogen) atoms. The van der Waals surface area contributed by atoms with Crippen LogP contribution in [0.15, 0.2) is 10.2 Å². The lowest BCUT2D eigenvalue weighted by atomic mass is 9.81. The number of hydrogen-bond acceptors (Lipinski definition) is 8. The Morgan fingerprint density at radius 1 is 0.840 bits per heavy atom. The molecule has 0 aliphatic rings. The zero-order valence-electron chi connectivity index (χ0n) is 13.5. The lowest BCUT2D eigenvalue weighted by Crippen LogP contribution is -2.41. The number of aliphatic carboxylic acids is 2. The Labute approximate surface area is 143 Å². The van der Waals surface area contributed by atoms with Crippen molar-refractivity contribution in [2.24, 2.45) is 21.1 Å². The van der Waals surface area contributed by atoms with E-state index in [4.69, 9.17) is 31.3 Å². The van der Waals surface area contributed by atoms with Crippen molar-refractivity contribution < 1.29 is 25.3 Å². The van der Waals surface area contributed by atoms with Gasteiger partial charge in [-0.15, -0.1) is 0 Å². The van der Waals surface area contributed by atoms with Gasteiger partial charge >= 0.3 is 11.9 Å². The summed E-state index contributed by atoms with van der Waals surface area (Å²) in [6.07, 6.45) is -0.0981. The predicted molar refractivity (Wildman–Crippen MR) is 79.2 cm³/mol. The molecule has 2 atom stereocenters. The van der Waals surface area contributed by atoms with Crippen molar-refractivity contribution in [1.29, 1.82) is 21.0 Å². The molecule has 0 aromatic rings. The lowest BCUT2D eigenvalue weighted by molar-refractivity contribution is -0.145. The fourth-order valence-electron chi connectivity index (χ4n) is 1.93. The molecule has 0 aromatic carbocycles. The van der Waals surface area contributed by atoms with E-state index in [2.05, 4.69) is 10.2 Å². The molecular weight excluding hydrogens is 332 g/mol. The molecule has 0 radical (unpaired) electrons. The van der Waals surface area contributed by atoms with Crippen LogP contribution in [0.5, 0.6) is 0 Å². The van der Waals surface area contributed by atoms with Gasteiger partial charge in [0.2, 0.25) is 0 Å². The lowest BCUT2D eigenvalue weighted by Gasteiger charge is -2.22. The molecule has 0 aliphatic heterocycles. The first-order chi connectivity index (χ1) is 11.3. The normalized spacial score (nSPS) is 13.2. The van der Waals surface area contributed by atoms with E-state index < -0.39 is 34.9 Å². The van der Waals surface area contributed by atoms with E-state index in [9.17, 15) is 9.59 Å². The van der Waals surface area contributed by atoms with Gasteiger partial charge in [0.1, 0.15) is 12.1 Å². The van der Waals surface area contributed by atoms with Crippen LogP contribution in [0.1, 0.15) is 26.7 Å². The van der Waals surface area contributed by atoms with Crippen LogP contribution in [0.3, 0.4) is 0 Å². The van der Waals surface area contributed by atoms with Gasteiger partial charge in [-0.1, -0.05) is 13.8 Å². The molecule has 0 heterocycles. The molecule has 0 saturated heterocycles. The van der Waals surface area contributed by atoms with Gasteiger partial charge in [-0.05, 0) is 12.8 Å². The fourth-order valence-corrected chi connectivity index (χ4v) is 1.93. The second-order valence-electron chi connectivity index (χ2n) is 4.75. The molecule has 0 aromatic heterocycles. The first-order valence-electron chi connectivity index (χ1n) is 6.77. The third-order valence-electron chi connectivity index (χ3n) is 3.50. The molecule has 0 amide bonds. The maximum absolute atomic E-state index is 11.3. The van der Waals surface area contributed by atoms with Gasteiger partial charge in [0.15, 0.2) is 0 Å². The molecule has 0 fully saturated rings. The van der Waals surface area contributed by atoms with E-state index in [1.54, 1.807) is 0 Å². The smallest absolute Gasteiger partial charge is 0.341 e. The molecule has 0 spiro atoms. The number of carbonyl (C=O) groups is 2. The Bertz CT molecular complexity index is 617. The minimum absolute atomic E-state index is 0. The van der Waals surface area contributed by atoms with Crippen molar-refractivity contribution in [2.45, 2.75) is 38.8 Å². The SMILES string of the molecule is CCC(N=NC(CC)C(C#N)(C#N)C(=O)O)C(C#N)(C#N)C(=O)O.O. The maximum atomic E-state index is 11.3. The largest absolute Gasteiger partial charge is 0.479 e. The van der Waals surface area contributed by atoms with Crippen LogP contribution >= 0.6 is 0 Å². The van der Waals surface area contributed by atoms with E-state index in [1.165, 1.54) is 38.1 Å². The Kier molecular flexibility index (Phi) is 9.08. The summed E-state index contributed by atoms with van der Waals surface area (Å²) in [7, 11) is 0. The molecule has 132 valence electrons. The highest BCUT2D eigenvalue weighted by molar-refractivity contribution is 5.83. The van der Waals surface area contributed by atoms with Crippen molar-refractivity contribution >= 4 is 11.9 Å². The highest BCUT2D eigenvalue weighted by Gasteiger charge is 2.50. The highest BCUT2D eigenvalue weighted by Crippen LogP contribution is 2.30. The number of nitriles is 4. The molecule has 11 nitrogen and oxygen atoms in total. The van der Waals surface area contributed by atoms with Gasteiger partial charge in [-0.3, -0.25) is 0 Å². The summed E-state index contributed by atoms with van der Waals surface area (Å²) in [6.45, 7) is 2.94. The Morgan fingerprint density at radius 3 is 1.20 bits per heavy atom. The molecule has 0 bridgehead atoms. The standard InChI is InChI=1S/C14H14N6O4.H2O/c1-3-9(13(5-15,6-16)11(21)22)19-20-10(4-2)14(7-17,8-18)12(23)24;/h9-10H,3-4H2,1-2H3,(H,21,22)(H,23,24);1H2. The number of rotatable bonds is 8. The van der Waals surface area contributed by atoms with Gasteiger partial charge < -0.3 is 15.7 Å². The number of hydrogen-bond donors (Lipinski definition) is 2. The molecule has 0 saturated carbocycles. The van der Waals surface area contributed by atoms with Crippen molar-refractivity contribution in [3.63, 3.8) is 0 Å². The van der Waals surface area contributed by atoms with Crippen LogP contribution in [-0.4, -0.2) is 39.7 Å². The van der Waals surface area contributed by atoms with Crippen LogP contribution in [0.25, 0.3) is 0 Å². The predicted octanol–water partition coefficient (Wildman–Crippen LogP) is 0.407. The summed E-state index contributed by atoms with van der Waals surface area (Å²) in [5.41, 5.74) is -5.00. The van der Waals surface area contributed by atoms with Crippen molar-refractivity contribution in [3.05, 3.63) is 0 Å². The van der Waals surface area contributed by atoms with Gasteiger partial charge in [0, 0.05) is 0 Å². The number of carboxylic acid groups (broad SMARTS) is 2. The zero-order chi connectivity index (χ0) is 19.0. The summed E-state index contributed by atoms with van der Waals surface area (Å²) in [6, 6.07) is 2.77. The number of azo groups is 1. The highest BCUT2D eigenvalue weighted by atomic mass is 16.4. The second-order valence-corrected chi connectivity index (χ2v) is 4.75. The van der Waals surface area contributed by atoms with Crippen LogP contribution in [0.4, 0.5) is 0 Å². The fraction of sp³-hybridized carbons (Fsp3) is 0.571. The molecule has 2 unspecified atom stereocenters. The number of nitrogens with zero attached hydrogens (tertiary/aromatic N) is 6. The molecular formula is C14H16N6O5. The molecule has 11 heteroatoms. The summed E-state index contributed by atoms with van der Waals surface area (Å²) in [4.78, 5) is 22.5. The second kappa shape index (κ2) is 9.57. The maximum Gasteiger partial charge on any atom is 0.341 e. The monoisotopic (exact) mass is 348 g/mol. The Balaban J connectivity index is 0. The first-order valence-corrected chi connectivity index (χ1v) is 6.77. The van der Waals surface area contributed by atoms with Crippen molar-refractivity contribution in [3.8, 4) is 24.3 Å². The third kappa shape index (κ3) is 4.06. The Hall–Kier alpha value is -3.54. The van der Waals surface area contributed by atoms with E-state index >= 15 is 0 Å². The van der Waals surface area contributed by atoms with Crippen molar-refractivity contribution in [2.75, 3.05) is 0 Å². The molecule has 0 aliphatic carbocycles. The summed E-state index contributed by atoms with van der Waals surface area (Å²) in [5, 5.41) is 61.8. The zero-order valence-corrected chi connectivity index (χ0v) is 13.5. The van der Waals surface area contributed by atoms with Crippen LogP contribution in [-0.2, 0) is 9.59 Å². The minimum Gasteiger partial charge on any atom is -0.479 e. The topological polar surface area (TPSA) is 226 Å². The Morgan fingerprint density at radius 2 is 1.08 bits per heavy atom. The van der Waals surface area contributed by atoms with Crippen LogP contribution in [0.2, 0.25) is 0 Å². The van der Waals surface area contributed by atoms with E-state index in [-0.39, 0.29) is 18.3 Å². The van der Waals surface area contributed by atoms with Gasteiger partial charge in [-0.25, -0.2) is 9.59 Å². The third-order valence-corrected chi connectivity index (χ3v) is 3.50. The van der Waals surface area contributed by atoms with Gasteiger partial charge in [-0.2, -0.15) is 31.3 Å². The average Bonchev–Trinajstić information content (AvgIpc) is 2.57. The van der Waals surface area contributed by atoms with Gasteiger partial charge in [0.25, 0.3) is 10.8 Å². The summed E-state index contributed by atoms with van der Waals surface area (Å²) >= 11 is 0. The first kappa shape index (κ1) is 23.7. The summed E-state index contributed by atoms with van der Waals surface area (Å²) < 4.78 is 0. The van der Waals surface area contributed by atoms with E-state index in [1.807, 2.05) is 0 Å². The summed E-state index contributed by atoms with van der Waals surface area (Å²) in [5.74, 6) is -3.42. The van der Waals surface area contributed by atoms with E-state index in [0.717, 1.165) is 0 Å². The van der Waals surface area contributed by atoms with Crippen LogP contribution < -0.4 is 0 Å². The average molecular weight is 348 g/mol. The molecule has 0 rings (SSSR count). The van der Waals surface area contributed by atoms with E-state index in [0.29, 0.717) is 0 Å². The quantitative estimate of drug-likeness (QED) is 0.582. The van der Waals surface area contributed by atoms with Gasteiger partial charge in [0.05, 0.1) is 24.3 Å². The number of carboxylic acids is 2. The van der Waals surface area contributed by atoms with Crippen molar-refractivity contribution in [1.82, 2.24) is 0 Å². The molecule has 4 N–H and O–H groups in total. The van der Waals surface area contributed by atoms with Crippen LogP contribution in [0, 0.1) is 56.2 Å².